The third kappa shape index (κ3) is 5.82. The summed E-state index contributed by atoms with van der Waals surface area (Å²) in [6.07, 6.45) is 0.133. The van der Waals surface area contributed by atoms with Gasteiger partial charge in [0.05, 0.1) is 18.1 Å². The molecule has 0 spiro atoms. The van der Waals surface area contributed by atoms with Crippen LogP contribution in [0.1, 0.15) is 19.4 Å². The maximum atomic E-state index is 13.0. The SMILES string of the molecule is CCOC(=O)Cc1cccc(-c2cc3cc(-c4ccc(-c5ccccc5OC(C)=O)cc4)c(Cl)cc3[nH]c2=O)c1. The second-order valence-electron chi connectivity index (χ2n) is 9.28. The van der Waals surface area contributed by atoms with Gasteiger partial charge >= 0.3 is 11.9 Å². The lowest BCUT2D eigenvalue weighted by molar-refractivity contribution is -0.142. The molecule has 200 valence electrons. The van der Waals surface area contributed by atoms with Crippen molar-refractivity contribution in [2.24, 2.45) is 0 Å². The lowest BCUT2D eigenvalue weighted by Crippen LogP contribution is -2.10. The zero-order chi connectivity index (χ0) is 28.2. The van der Waals surface area contributed by atoms with Crippen molar-refractivity contribution < 1.29 is 19.1 Å². The van der Waals surface area contributed by atoms with Crippen LogP contribution in [0.25, 0.3) is 44.3 Å². The maximum absolute atomic E-state index is 13.0. The molecule has 4 aromatic carbocycles. The molecule has 1 aromatic heterocycles. The van der Waals surface area contributed by atoms with E-state index < -0.39 is 0 Å². The number of carbonyl (C=O) groups excluding carboxylic acids is 2. The monoisotopic (exact) mass is 551 g/mol. The number of benzene rings is 4. The van der Waals surface area contributed by atoms with Crippen LogP contribution in [0.2, 0.25) is 5.02 Å². The van der Waals surface area contributed by atoms with Crippen LogP contribution in [0.4, 0.5) is 0 Å². The van der Waals surface area contributed by atoms with Gasteiger partial charge in [0.2, 0.25) is 0 Å². The maximum Gasteiger partial charge on any atom is 0.310 e. The second kappa shape index (κ2) is 11.6. The number of pyridine rings is 1. The van der Waals surface area contributed by atoms with Crippen molar-refractivity contribution in [1.29, 1.82) is 0 Å². The summed E-state index contributed by atoms with van der Waals surface area (Å²) in [5.74, 6) is -0.198. The molecule has 7 heteroatoms. The molecule has 0 fully saturated rings. The molecule has 0 aliphatic rings. The first-order chi connectivity index (χ1) is 19.3. The van der Waals surface area contributed by atoms with E-state index in [0.29, 0.717) is 34.0 Å². The molecule has 0 atom stereocenters. The Morgan fingerprint density at radius 3 is 2.23 bits per heavy atom. The molecule has 1 heterocycles. The van der Waals surface area contributed by atoms with Gasteiger partial charge < -0.3 is 14.5 Å². The van der Waals surface area contributed by atoms with E-state index in [4.69, 9.17) is 21.1 Å². The van der Waals surface area contributed by atoms with Crippen molar-refractivity contribution in [2.75, 3.05) is 6.61 Å². The molecule has 5 aromatic rings. The first-order valence-electron chi connectivity index (χ1n) is 12.8. The highest BCUT2D eigenvalue weighted by Crippen LogP contribution is 2.35. The van der Waals surface area contributed by atoms with E-state index in [1.807, 2.05) is 78.9 Å². The minimum Gasteiger partial charge on any atom is -0.466 e. The number of aromatic amines is 1. The predicted molar refractivity (Wildman–Crippen MR) is 158 cm³/mol. The topological polar surface area (TPSA) is 85.5 Å². The Morgan fingerprint density at radius 2 is 1.50 bits per heavy atom. The van der Waals surface area contributed by atoms with Crippen LogP contribution in [0.3, 0.4) is 0 Å². The Kier molecular flexibility index (Phi) is 7.80. The van der Waals surface area contributed by atoms with Crippen LogP contribution in [-0.4, -0.2) is 23.5 Å². The van der Waals surface area contributed by atoms with Crippen LogP contribution >= 0.6 is 11.6 Å². The number of halogens is 1. The van der Waals surface area contributed by atoms with E-state index in [2.05, 4.69) is 4.98 Å². The van der Waals surface area contributed by atoms with Crippen LogP contribution in [0, 0.1) is 0 Å². The normalized spacial score (nSPS) is 10.9. The minimum atomic E-state index is -0.379. The van der Waals surface area contributed by atoms with Gasteiger partial charge in [-0.3, -0.25) is 14.4 Å². The summed E-state index contributed by atoms with van der Waals surface area (Å²) in [4.78, 5) is 39.4. The van der Waals surface area contributed by atoms with Crippen molar-refractivity contribution in [3.63, 3.8) is 0 Å². The number of hydrogen-bond donors (Lipinski definition) is 1. The van der Waals surface area contributed by atoms with Crippen LogP contribution in [0.15, 0.2) is 95.8 Å². The Balaban J connectivity index is 1.50. The third-order valence-corrected chi connectivity index (χ3v) is 6.78. The molecular formula is C33H26ClNO5. The van der Waals surface area contributed by atoms with Gasteiger partial charge in [0.15, 0.2) is 0 Å². The number of esters is 2. The highest BCUT2D eigenvalue weighted by Gasteiger charge is 2.13. The van der Waals surface area contributed by atoms with Crippen LogP contribution in [0.5, 0.6) is 5.75 Å². The van der Waals surface area contributed by atoms with E-state index in [1.165, 1.54) is 6.92 Å². The van der Waals surface area contributed by atoms with E-state index in [9.17, 15) is 14.4 Å². The molecule has 0 aliphatic heterocycles. The molecule has 40 heavy (non-hydrogen) atoms. The van der Waals surface area contributed by atoms with Gasteiger partial charge in [-0.2, -0.15) is 0 Å². The summed E-state index contributed by atoms with van der Waals surface area (Å²) in [7, 11) is 0. The third-order valence-electron chi connectivity index (χ3n) is 6.47. The summed E-state index contributed by atoms with van der Waals surface area (Å²) >= 11 is 6.66. The number of hydrogen-bond acceptors (Lipinski definition) is 5. The lowest BCUT2D eigenvalue weighted by Gasteiger charge is -2.12. The van der Waals surface area contributed by atoms with Crippen molar-refractivity contribution in [1.82, 2.24) is 4.98 Å². The molecular weight excluding hydrogens is 526 g/mol. The second-order valence-corrected chi connectivity index (χ2v) is 9.69. The average molecular weight is 552 g/mol. The predicted octanol–water partition coefficient (Wildman–Crippen LogP) is 7.21. The average Bonchev–Trinajstić information content (AvgIpc) is 2.93. The lowest BCUT2D eigenvalue weighted by atomic mass is 9.97. The van der Waals surface area contributed by atoms with Crippen molar-refractivity contribution >= 4 is 34.4 Å². The van der Waals surface area contributed by atoms with E-state index in [1.54, 1.807) is 19.1 Å². The summed E-state index contributed by atoms with van der Waals surface area (Å²) in [5.41, 5.74) is 5.74. The summed E-state index contributed by atoms with van der Waals surface area (Å²) in [6, 6.07) is 28.0. The fraction of sp³-hybridized carbons (Fsp3) is 0.121. The molecule has 0 amide bonds. The van der Waals surface area contributed by atoms with Crippen molar-refractivity contribution in [3.05, 3.63) is 112 Å². The Hall–Kier alpha value is -4.68. The Labute approximate surface area is 236 Å². The van der Waals surface area contributed by atoms with Gasteiger partial charge in [0, 0.05) is 29.1 Å². The molecule has 0 aliphatic carbocycles. The van der Waals surface area contributed by atoms with Gasteiger partial charge in [-0.25, -0.2) is 0 Å². The smallest absolute Gasteiger partial charge is 0.310 e. The molecule has 0 saturated heterocycles. The molecule has 1 N–H and O–H groups in total. The molecule has 5 rings (SSSR count). The summed E-state index contributed by atoms with van der Waals surface area (Å²) in [5, 5.41) is 1.31. The van der Waals surface area contributed by atoms with Crippen LogP contribution in [-0.2, 0) is 20.7 Å². The first-order valence-corrected chi connectivity index (χ1v) is 13.2. The van der Waals surface area contributed by atoms with Gasteiger partial charge in [-0.15, -0.1) is 0 Å². The van der Waals surface area contributed by atoms with Gasteiger partial charge in [-0.1, -0.05) is 78.3 Å². The quantitative estimate of drug-likeness (QED) is 0.170. The number of ether oxygens (including phenoxy) is 2. The Bertz CT molecular complexity index is 1790. The standard InChI is InChI=1S/C33H26ClNO5/c1-3-39-32(37)16-21-7-6-8-24(15-21)28-18-25-17-27(29(34)19-30(25)35-33(28)38)23-13-11-22(12-14-23)26-9-4-5-10-31(26)40-20(2)36/h4-15,17-19H,3,16H2,1-2H3,(H,35,38). The van der Waals surface area contributed by atoms with E-state index in [-0.39, 0.29) is 23.9 Å². The largest absolute Gasteiger partial charge is 0.466 e. The molecule has 0 bridgehead atoms. The fourth-order valence-electron chi connectivity index (χ4n) is 4.67. The number of para-hydroxylation sites is 1. The fourth-order valence-corrected chi connectivity index (χ4v) is 4.94. The van der Waals surface area contributed by atoms with E-state index in [0.717, 1.165) is 33.2 Å². The van der Waals surface area contributed by atoms with Crippen LogP contribution < -0.4 is 10.3 Å². The number of nitrogens with one attached hydrogen (secondary N) is 1. The van der Waals surface area contributed by atoms with Crippen molar-refractivity contribution in [3.8, 4) is 39.1 Å². The number of H-pyrrole nitrogens is 1. The zero-order valence-electron chi connectivity index (χ0n) is 22.0. The first kappa shape index (κ1) is 26.9. The highest BCUT2D eigenvalue weighted by atomic mass is 35.5. The Morgan fingerprint density at radius 1 is 0.800 bits per heavy atom. The van der Waals surface area contributed by atoms with Crippen molar-refractivity contribution in [2.45, 2.75) is 20.3 Å². The number of carbonyl (C=O) groups is 2. The number of rotatable bonds is 7. The molecule has 0 unspecified atom stereocenters. The summed E-state index contributed by atoms with van der Waals surface area (Å²) < 4.78 is 10.4. The van der Waals surface area contributed by atoms with Gasteiger partial charge in [0.25, 0.3) is 5.56 Å². The number of aromatic nitrogens is 1. The molecule has 6 nitrogen and oxygen atoms in total. The minimum absolute atomic E-state index is 0.133. The summed E-state index contributed by atoms with van der Waals surface area (Å²) in [6.45, 7) is 3.46. The van der Waals surface area contributed by atoms with Gasteiger partial charge in [0.1, 0.15) is 5.75 Å². The zero-order valence-corrected chi connectivity index (χ0v) is 22.7. The number of fused-ring (bicyclic) bond motifs is 1. The van der Waals surface area contributed by atoms with E-state index >= 15 is 0 Å². The molecule has 0 saturated carbocycles. The highest BCUT2D eigenvalue weighted by molar-refractivity contribution is 6.34. The molecule has 0 radical (unpaired) electrons. The van der Waals surface area contributed by atoms with Gasteiger partial charge in [-0.05, 0) is 58.8 Å².